The van der Waals surface area contributed by atoms with Crippen LogP contribution in [0.1, 0.15) is 13.3 Å². The molecule has 3 rings (SSSR count). The minimum absolute atomic E-state index is 0.116. The molecule has 0 saturated carbocycles. The second-order valence-corrected chi connectivity index (χ2v) is 9.80. The fraction of sp³-hybridized carbons (Fsp3) is 0.300. The number of carbonyl (C=O) groups is 1. The zero-order valence-corrected chi connectivity index (χ0v) is 20.3. The minimum atomic E-state index is -4.26. The first kappa shape index (κ1) is 25.7. The number of anilines is 1. The van der Waals surface area contributed by atoms with Crippen LogP contribution in [-0.4, -0.2) is 53.9 Å². The number of ether oxygens (including phenoxy) is 1. The molecule has 1 heterocycles. The van der Waals surface area contributed by atoms with Gasteiger partial charge in [-0.15, -0.1) is 10.2 Å². The highest BCUT2D eigenvalue weighted by Crippen LogP contribution is 2.31. The van der Waals surface area contributed by atoms with Crippen molar-refractivity contribution in [1.29, 1.82) is 0 Å². The lowest BCUT2D eigenvalue weighted by atomic mass is 10.2. The Morgan fingerprint density at radius 2 is 1.91 bits per heavy atom. The van der Waals surface area contributed by atoms with Crippen molar-refractivity contribution in [1.82, 2.24) is 25.5 Å². The lowest BCUT2D eigenvalue weighted by molar-refractivity contribution is 0.141. The Morgan fingerprint density at radius 1 is 1.21 bits per heavy atom. The van der Waals surface area contributed by atoms with Gasteiger partial charge in [0.15, 0.2) is 6.33 Å². The number of carbonyl (C=O) groups excluding carboxylic acids is 1. The van der Waals surface area contributed by atoms with Crippen molar-refractivity contribution < 1.29 is 22.3 Å². The maximum absolute atomic E-state index is 14.7. The molecule has 0 fully saturated rings. The second kappa shape index (κ2) is 11.4. The maximum Gasteiger partial charge on any atom is 0.407 e. The number of alkyl carbamates (subject to hydrolysis) is 1. The Labute approximate surface area is 205 Å². The third-order valence-electron chi connectivity index (χ3n) is 4.57. The molecule has 182 valence electrons. The summed E-state index contributed by atoms with van der Waals surface area (Å²) in [6.07, 6.45) is 1.07. The van der Waals surface area contributed by atoms with Crippen LogP contribution in [0.5, 0.6) is 0 Å². The first-order valence-corrected chi connectivity index (χ1v) is 12.2. The van der Waals surface area contributed by atoms with E-state index in [2.05, 4.69) is 20.7 Å². The molecule has 1 atom stereocenters. The van der Waals surface area contributed by atoms with Gasteiger partial charge in [-0.1, -0.05) is 23.2 Å². The van der Waals surface area contributed by atoms with E-state index in [0.29, 0.717) is 18.0 Å². The number of halogens is 3. The lowest BCUT2D eigenvalue weighted by Gasteiger charge is -2.30. The fourth-order valence-corrected chi connectivity index (χ4v) is 4.93. The van der Waals surface area contributed by atoms with E-state index in [9.17, 15) is 17.6 Å². The van der Waals surface area contributed by atoms with Crippen LogP contribution in [0.4, 0.5) is 14.9 Å². The molecular weight excluding hydrogens is 510 g/mol. The Morgan fingerprint density at radius 3 is 2.59 bits per heavy atom. The zero-order chi connectivity index (χ0) is 24.7. The summed E-state index contributed by atoms with van der Waals surface area (Å²) in [7, 11) is -4.26. The van der Waals surface area contributed by atoms with Crippen molar-refractivity contribution in [2.75, 3.05) is 17.5 Å². The number of hydrogen-bond acceptors (Lipinski definition) is 7. The van der Waals surface area contributed by atoms with Crippen LogP contribution in [0.25, 0.3) is 0 Å². The Bertz CT molecular complexity index is 1210. The van der Waals surface area contributed by atoms with Gasteiger partial charge >= 0.3 is 6.09 Å². The third-order valence-corrected chi connectivity index (χ3v) is 7.00. The molecule has 3 aromatic rings. The molecule has 0 aliphatic rings. The van der Waals surface area contributed by atoms with Gasteiger partial charge in [0, 0.05) is 16.6 Å². The fourth-order valence-electron chi connectivity index (χ4n) is 3.00. The number of amides is 1. The molecule has 0 unspecified atom stereocenters. The van der Waals surface area contributed by atoms with E-state index >= 15 is 0 Å². The van der Waals surface area contributed by atoms with Crippen molar-refractivity contribution in [3.8, 4) is 0 Å². The van der Waals surface area contributed by atoms with Gasteiger partial charge in [0.05, 0.1) is 23.2 Å². The monoisotopic (exact) mass is 530 g/mol. The lowest BCUT2D eigenvalue weighted by Crippen LogP contribution is -2.43. The van der Waals surface area contributed by atoms with Crippen LogP contribution >= 0.6 is 23.2 Å². The molecule has 10 nitrogen and oxygen atoms in total. The highest BCUT2D eigenvalue weighted by atomic mass is 35.5. The summed E-state index contributed by atoms with van der Waals surface area (Å²) < 4.78 is 47.5. The first-order chi connectivity index (χ1) is 16.2. The van der Waals surface area contributed by atoms with Gasteiger partial charge < -0.3 is 10.1 Å². The van der Waals surface area contributed by atoms with E-state index in [0.717, 1.165) is 10.4 Å². The summed E-state index contributed by atoms with van der Waals surface area (Å²) in [6.45, 7) is 1.84. The minimum Gasteiger partial charge on any atom is -0.447 e. The standard InChI is InChI=1S/C20H21Cl2FN6O4S/c1-14(12-33-20(30)24-9-2-10-28-26-13-25-27-28)29(19-11-16(22)5-8-18(19)23)34(31,32)17-6-3-15(21)4-7-17/h3-8,11,13-14H,2,9-10,12H2,1H3,(H,24,30)/t14-/m1/s1. The normalized spacial score (nSPS) is 12.2. The Hall–Kier alpha value is -2.96. The van der Waals surface area contributed by atoms with Gasteiger partial charge in [-0.25, -0.2) is 17.6 Å². The number of tetrazole rings is 1. The molecule has 0 radical (unpaired) electrons. The Balaban J connectivity index is 1.72. The summed E-state index contributed by atoms with van der Waals surface area (Å²) in [6, 6.07) is 8.00. The molecular formula is C20H21Cl2FN6O4S. The van der Waals surface area contributed by atoms with E-state index < -0.39 is 28.0 Å². The van der Waals surface area contributed by atoms with Crippen LogP contribution in [0.2, 0.25) is 10.0 Å². The topological polar surface area (TPSA) is 119 Å². The molecule has 0 saturated heterocycles. The molecule has 2 aromatic carbocycles. The molecule has 1 aromatic heterocycles. The van der Waals surface area contributed by atoms with Crippen LogP contribution in [0.3, 0.4) is 0 Å². The van der Waals surface area contributed by atoms with Crippen molar-refractivity contribution >= 4 is 45.0 Å². The SMILES string of the molecule is C[C@H](COC(=O)NCCCn1ncnn1)N(c1cc(Cl)ccc1F)S(=O)(=O)c1ccc(Cl)cc1. The average molecular weight is 531 g/mol. The van der Waals surface area contributed by atoms with Crippen molar-refractivity contribution in [2.45, 2.75) is 30.8 Å². The van der Waals surface area contributed by atoms with Gasteiger partial charge in [0.1, 0.15) is 12.4 Å². The molecule has 0 bridgehead atoms. The van der Waals surface area contributed by atoms with E-state index in [1.165, 1.54) is 54.4 Å². The van der Waals surface area contributed by atoms with Gasteiger partial charge in [0.25, 0.3) is 10.0 Å². The number of hydrogen-bond donors (Lipinski definition) is 1. The van der Waals surface area contributed by atoms with Gasteiger partial charge in [-0.05, 0) is 61.0 Å². The molecule has 0 aliphatic heterocycles. The van der Waals surface area contributed by atoms with E-state index in [1.54, 1.807) is 0 Å². The molecule has 34 heavy (non-hydrogen) atoms. The number of benzene rings is 2. The molecule has 0 aliphatic carbocycles. The van der Waals surface area contributed by atoms with Crippen molar-refractivity contribution in [3.05, 3.63) is 64.7 Å². The molecule has 0 spiro atoms. The number of sulfonamides is 1. The van der Waals surface area contributed by atoms with Crippen LogP contribution in [0.15, 0.2) is 53.7 Å². The summed E-state index contributed by atoms with van der Waals surface area (Å²) >= 11 is 11.9. The van der Waals surface area contributed by atoms with Crippen LogP contribution in [0, 0.1) is 5.82 Å². The van der Waals surface area contributed by atoms with Gasteiger partial charge in [0.2, 0.25) is 0 Å². The quantitative estimate of drug-likeness (QED) is 0.398. The van der Waals surface area contributed by atoms with E-state index in [-0.39, 0.29) is 28.8 Å². The highest BCUT2D eigenvalue weighted by Gasteiger charge is 2.32. The zero-order valence-electron chi connectivity index (χ0n) is 17.9. The van der Waals surface area contributed by atoms with Crippen molar-refractivity contribution in [2.24, 2.45) is 0 Å². The Kier molecular flexibility index (Phi) is 8.64. The molecule has 14 heteroatoms. The summed E-state index contributed by atoms with van der Waals surface area (Å²) in [5.74, 6) is -0.806. The predicted molar refractivity (Wildman–Crippen MR) is 124 cm³/mol. The number of nitrogens with zero attached hydrogens (tertiary/aromatic N) is 5. The van der Waals surface area contributed by atoms with Crippen LogP contribution in [-0.2, 0) is 21.3 Å². The summed E-state index contributed by atoms with van der Waals surface area (Å²) in [5, 5.41) is 14.2. The maximum atomic E-state index is 14.7. The summed E-state index contributed by atoms with van der Waals surface area (Å²) in [4.78, 5) is 13.3. The third kappa shape index (κ3) is 6.55. The number of nitrogens with one attached hydrogen (secondary N) is 1. The number of aryl methyl sites for hydroxylation is 1. The van der Waals surface area contributed by atoms with Gasteiger partial charge in [-0.2, -0.15) is 4.80 Å². The second-order valence-electron chi connectivity index (χ2n) is 7.11. The summed E-state index contributed by atoms with van der Waals surface area (Å²) in [5.41, 5.74) is -0.278. The van der Waals surface area contributed by atoms with E-state index in [1.807, 2.05) is 0 Å². The first-order valence-electron chi connectivity index (χ1n) is 10.0. The smallest absolute Gasteiger partial charge is 0.407 e. The number of rotatable bonds is 10. The average Bonchev–Trinajstić information content (AvgIpc) is 3.31. The largest absolute Gasteiger partial charge is 0.447 e. The number of aromatic nitrogens is 4. The predicted octanol–water partition coefficient (Wildman–Crippen LogP) is 3.52. The van der Waals surface area contributed by atoms with Crippen LogP contribution < -0.4 is 9.62 Å². The molecule has 1 amide bonds. The molecule has 1 N–H and O–H groups in total. The van der Waals surface area contributed by atoms with E-state index in [4.69, 9.17) is 27.9 Å². The van der Waals surface area contributed by atoms with Crippen molar-refractivity contribution in [3.63, 3.8) is 0 Å². The highest BCUT2D eigenvalue weighted by molar-refractivity contribution is 7.92. The van der Waals surface area contributed by atoms with Gasteiger partial charge in [-0.3, -0.25) is 4.31 Å².